The summed E-state index contributed by atoms with van der Waals surface area (Å²) in [7, 11) is -2.58. The number of ether oxygens (including phenoxy) is 2. The molecule has 27 heavy (non-hydrogen) atoms. The number of amides is 1. The van der Waals surface area contributed by atoms with Crippen molar-refractivity contribution in [2.45, 2.75) is 4.90 Å². The lowest BCUT2D eigenvalue weighted by molar-refractivity contribution is -0.116. The van der Waals surface area contributed by atoms with Crippen molar-refractivity contribution >= 4 is 44.8 Å². The summed E-state index contributed by atoms with van der Waals surface area (Å²) in [6, 6.07) is 8.88. The fraction of sp³-hybridized carbons (Fsp3) is 0.235. The second-order valence-corrected chi connectivity index (χ2v) is 8.69. The van der Waals surface area contributed by atoms with Crippen LogP contribution >= 0.6 is 23.2 Å². The fourth-order valence-electron chi connectivity index (χ4n) is 2.48. The predicted molar refractivity (Wildman–Crippen MR) is 102 cm³/mol. The molecule has 0 atom stereocenters. The van der Waals surface area contributed by atoms with E-state index < -0.39 is 15.9 Å². The lowest BCUT2D eigenvalue weighted by atomic mass is 10.3. The topological polar surface area (TPSA) is 84.9 Å². The number of likely N-dealkylation sites (N-methyl/N-ethyl adjacent to an activating group) is 1. The third-order valence-corrected chi connectivity index (χ3v) is 5.97. The van der Waals surface area contributed by atoms with E-state index in [2.05, 4.69) is 5.32 Å². The Balaban J connectivity index is 1.72. The van der Waals surface area contributed by atoms with E-state index in [1.54, 1.807) is 0 Å². The molecular weight excluding hydrogens is 415 g/mol. The van der Waals surface area contributed by atoms with Crippen LogP contribution in [0.25, 0.3) is 0 Å². The summed E-state index contributed by atoms with van der Waals surface area (Å²) >= 11 is 11.8. The summed E-state index contributed by atoms with van der Waals surface area (Å²) in [4.78, 5) is 12.2. The smallest absolute Gasteiger partial charge is 0.243 e. The van der Waals surface area contributed by atoms with Gasteiger partial charge in [0.25, 0.3) is 0 Å². The van der Waals surface area contributed by atoms with Crippen LogP contribution in [0.4, 0.5) is 5.69 Å². The summed E-state index contributed by atoms with van der Waals surface area (Å²) in [6.45, 7) is 0.366. The van der Waals surface area contributed by atoms with Crippen molar-refractivity contribution in [1.82, 2.24) is 4.31 Å². The Morgan fingerprint density at radius 3 is 2.37 bits per heavy atom. The van der Waals surface area contributed by atoms with Crippen LogP contribution in [0, 0.1) is 0 Å². The number of anilines is 1. The maximum atomic E-state index is 12.7. The molecule has 2 aromatic rings. The molecule has 1 aliphatic heterocycles. The Morgan fingerprint density at radius 1 is 1.07 bits per heavy atom. The van der Waals surface area contributed by atoms with Gasteiger partial charge in [0.15, 0.2) is 11.5 Å². The van der Waals surface area contributed by atoms with Gasteiger partial charge in [-0.2, -0.15) is 4.31 Å². The van der Waals surface area contributed by atoms with Crippen LogP contribution in [0.15, 0.2) is 41.3 Å². The first-order valence-electron chi connectivity index (χ1n) is 7.87. The second kappa shape index (κ2) is 7.93. The molecule has 7 nitrogen and oxygen atoms in total. The van der Waals surface area contributed by atoms with Gasteiger partial charge >= 0.3 is 0 Å². The molecule has 0 fully saturated rings. The lowest BCUT2D eigenvalue weighted by Gasteiger charge is -2.21. The molecule has 1 amide bonds. The molecule has 10 heteroatoms. The van der Waals surface area contributed by atoms with Gasteiger partial charge in [0.05, 0.1) is 11.4 Å². The van der Waals surface area contributed by atoms with Crippen molar-refractivity contribution in [2.75, 3.05) is 32.1 Å². The third kappa shape index (κ3) is 4.65. The van der Waals surface area contributed by atoms with E-state index in [0.717, 1.165) is 4.31 Å². The number of benzene rings is 2. The summed E-state index contributed by atoms with van der Waals surface area (Å²) in [5.41, 5.74) is 0.377. The molecule has 3 rings (SSSR count). The van der Waals surface area contributed by atoms with E-state index in [1.807, 2.05) is 0 Å². The number of hydrogen-bond donors (Lipinski definition) is 1. The van der Waals surface area contributed by atoms with Crippen molar-refractivity contribution in [3.63, 3.8) is 0 Å². The molecule has 0 bridgehead atoms. The maximum Gasteiger partial charge on any atom is 0.243 e. The zero-order chi connectivity index (χ0) is 19.6. The first-order chi connectivity index (χ1) is 12.8. The number of nitrogens with one attached hydrogen (secondary N) is 1. The largest absolute Gasteiger partial charge is 0.486 e. The van der Waals surface area contributed by atoms with Gasteiger partial charge in [0.1, 0.15) is 13.2 Å². The Labute approximate surface area is 166 Å². The van der Waals surface area contributed by atoms with E-state index in [1.165, 1.54) is 43.4 Å². The van der Waals surface area contributed by atoms with Crippen LogP contribution in [-0.2, 0) is 14.8 Å². The molecule has 144 valence electrons. The van der Waals surface area contributed by atoms with Crippen LogP contribution in [0.2, 0.25) is 10.0 Å². The first-order valence-corrected chi connectivity index (χ1v) is 10.1. The quantitative estimate of drug-likeness (QED) is 0.787. The van der Waals surface area contributed by atoms with Gasteiger partial charge < -0.3 is 14.8 Å². The molecule has 0 aliphatic carbocycles. The number of sulfonamides is 1. The Morgan fingerprint density at radius 2 is 1.70 bits per heavy atom. The number of fused-ring (bicyclic) bond motifs is 1. The zero-order valence-electron chi connectivity index (χ0n) is 14.2. The summed E-state index contributed by atoms with van der Waals surface area (Å²) in [6.07, 6.45) is 0. The van der Waals surface area contributed by atoms with Crippen molar-refractivity contribution in [2.24, 2.45) is 0 Å². The standard InChI is InChI=1S/C17H16Cl2N2O5S/c1-21(10-17(22)20-13-7-11(18)6-12(19)8-13)27(23,24)14-2-3-15-16(9-14)26-5-4-25-15/h2-3,6-9H,4-5,10H2,1H3,(H,20,22). The van der Waals surface area contributed by atoms with Crippen molar-refractivity contribution in [1.29, 1.82) is 0 Å². The van der Waals surface area contributed by atoms with Crippen molar-refractivity contribution < 1.29 is 22.7 Å². The van der Waals surface area contributed by atoms with E-state index in [9.17, 15) is 13.2 Å². The van der Waals surface area contributed by atoms with Gasteiger partial charge in [-0.05, 0) is 30.3 Å². The minimum atomic E-state index is -3.89. The molecule has 0 unspecified atom stereocenters. The summed E-state index contributed by atoms with van der Waals surface area (Å²) in [5, 5.41) is 3.28. The summed E-state index contributed by atoms with van der Waals surface area (Å²) in [5.74, 6) is 0.309. The number of nitrogens with zero attached hydrogens (tertiary/aromatic N) is 1. The van der Waals surface area contributed by atoms with E-state index in [-0.39, 0.29) is 11.4 Å². The number of halogens is 2. The van der Waals surface area contributed by atoms with Gasteiger partial charge in [-0.3, -0.25) is 4.79 Å². The average molecular weight is 431 g/mol. The van der Waals surface area contributed by atoms with Crippen LogP contribution < -0.4 is 14.8 Å². The molecule has 0 aromatic heterocycles. The minimum absolute atomic E-state index is 0.00727. The molecular formula is C17H16Cl2N2O5S. The number of hydrogen-bond acceptors (Lipinski definition) is 5. The maximum absolute atomic E-state index is 12.7. The minimum Gasteiger partial charge on any atom is -0.486 e. The van der Waals surface area contributed by atoms with Gasteiger partial charge in [-0.25, -0.2) is 8.42 Å². The third-order valence-electron chi connectivity index (χ3n) is 3.73. The average Bonchev–Trinajstić information content (AvgIpc) is 2.60. The highest BCUT2D eigenvalue weighted by atomic mass is 35.5. The number of rotatable bonds is 5. The predicted octanol–water partition coefficient (Wildman–Crippen LogP) is 3.02. The van der Waals surface area contributed by atoms with Crippen LogP contribution in [-0.4, -0.2) is 45.4 Å². The van der Waals surface area contributed by atoms with Crippen LogP contribution in [0.5, 0.6) is 11.5 Å². The molecule has 2 aromatic carbocycles. The highest BCUT2D eigenvalue weighted by Gasteiger charge is 2.25. The molecule has 1 N–H and O–H groups in total. The van der Waals surface area contributed by atoms with Crippen molar-refractivity contribution in [3.8, 4) is 11.5 Å². The van der Waals surface area contributed by atoms with Crippen LogP contribution in [0.1, 0.15) is 0 Å². The fourth-order valence-corrected chi connectivity index (χ4v) is 4.15. The molecule has 1 aliphatic rings. The Hall–Kier alpha value is -2.00. The monoisotopic (exact) mass is 430 g/mol. The molecule has 0 spiro atoms. The highest BCUT2D eigenvalue weighted by molar-refractivity contribution is 7.89. The Bertz CT molecular complexity index is 961. The molecule has 0 saturated carbocycles. The SMILES string of the molecule is CN(CC(=O)Nc1cc(Cl)cc(Cl)c1)S(=O)(=O)c1ccc2c(c1)OCCO2. The van der Waals surface area contributed by atoms with Crippen molar-refractivity contribution in [3.05, 3.63) is 46.4 Å². The van der Waals surface area contributed by atoms with E-state index in [0.29, 0.717) is 40.4 Å². The Kier molecular flexibility index (Phi) is 5.81. The zero-order valence-corrected chi connectivity index (χ0v) is 16.6. The van der Waals surface area contributed by atoms with Gasteiger partial charge in [0.2, 0.25) is 15.9 Å². The number of carbonyl (C=O) groups excluding carboxylic acids is 1. The van der Waals surface area contributed by atoms with Crippen LogP contribution in [0.3, 0.4) is 0 Å². The van der Waals surface area contributed by atoms with Gasteiger partial charge in [0, 0.05) is 28.8 Å². The molecule has 1 heterocycles. The lowest BCUT2D eigenvalue weighted by Crippen LogP contribution is -2.35. The van der Waals surface area contributed by atoms with E-state index in [4.69, 9.17) is 32.7 Å². The van der Waals surface area contributed by atoms with Gasteiger partial charge in [-0.15, -0.1) is 0 Å². The summed E-state index contributed by atoms with van der Waals surface area (Å²) < 4.78 is 37.2. The molecule has 0 radical (unpaired) electrons. The van der Waals surface area contributed by atoms with E-state index >= 15 is 0 Å². The highest BCUT2D eigenvalue weighted by Crippen LogP contribution is 2.33. The first kappa shape index (κ1) is 19.8. The molecule has 0 saturated heterocycles. The number of carbonyl (C=O) groups is 1. The second-order valence-electron chi connectivity index (χ2n) is 5.77. The van der Waals surface area contributed by atoms with Gasteiger partial charge in [-0.1, -0.05) is 23.2 Å². The normalized spacial score (nSPS) is 13.5.